The quantitative estimate of drug-likeness (QED) is 0.827. The average molecular weight is 256 g/mol. The maximum absolute atomic E-state index is 11.4. The van der Waals surface area contributed by atoms with Crippen LogP contribution in [0, 0.1) is 0 Å². The summed E-state index contributed by atoms with van der Waals surface area (Å²) in [6.45, 7) is 3.79. The van der Waals surface area contributed by atoms with Crippen LogP contribution in [0.3, 0.4) is 0 Å². The van der Waals surface area contributed by atoms with Gasteiger partial charge in [0.1, 0.15) is 0 Å². The van der Waals surface area contributed by atoms with Crippen molar-refractivity contribution in [1.82, 2.24) is 5.32 Å². The molecular weight excluding hydrogens is 242 g/mol. The summed E-state index contributed by atoms with van der Waals surface area (Å²) in [5.41, 5.74) is 1.12. The minimum atomic E-state index is -0.145. The second-order valence-electron chi connectivity index (χ2n) is 3.26. The number of benzene rings is 1. The highest BCUT2D eigenvalue weighted by Crippen LogP contribution is 2.11. The van der Waals surface area contributed by atoms with Crippen LogP contribution in [0.2, 0.25) is 0 Å². The van der Waals surface area contributed by atoms with E-state index in [0.717, 1.165) is 5.56 Å². The zero-order chi connectivity index (χ0) is 10.6. The van der Waals surface area contributed by atoms with E-state index in [2.05, 4.69) is 21.2 Å². The highest BCUT2D eigenvalue weighted by atomic mass is 79.9. The molecule has 1 aromatic rings. The Labute approximate surface area is 92.8 Å². The summed E-state index contributed by atoms with van der Waals surface area (Å²) < 4.78 is 0. The lowest BCUT2D eigenvalue weighted by molar-refractivity contribution is -0.120. The Bertz CT molecular complexity index is 297. The Morgan fingerprint density at radius 1 is 1.29 bits per heavy atom. The number of rotatable bonds is 3. The molecule has 0 aromatic heterocycles. The summed E-state index contributed by atoms with van der Waals surface area (Å²) in [5.74, 6) is 0.0151. The molecule has 0 saturated carbocycles. The maximum atomic E-state index is 11.4. The van der Waals surface area contributed by atoms with E-state index in [1.165, 1.54) is 0 Å². The lowest BCUT2D eigenvalue weighted by Gasteiger charge is -2.15. The summed E-state index contributed by atoms with van der Waals surface area (Å²) >= 11 is 3.23. The van der Waals surface area contributed by atoms with Gasteiger partial charge in [-0.05, 0) is 19.4 Å². The number of hydrogen-bond donors (Lipinski definition) is 1. The zero-order valence-electron chi connectivity index (χ0n) is 8.33. The van der Waals surface area contributed by atoms with E-state index >= 15 is 0 Å². The van der Waals surface area contributed by atoms with E-state index in [4.69, 9.17) is 0 Å². The molecule has 0 unspecified atom stereocenters. The third kappa shape index (κ3) is 3.14. The van der Waals surface area contributed by atoms with Crippen LogP contribution in [-0.2, 0) is 4.79 Å². The van der Waals surface area contributed by atoms with Crippen LogP contribution in [0.15, 0.2) is 30.3 Å². The topological polar surface area (TPSA) is 29.1 Å². The molecule has 0 radical (unpaired) electrons. The summed E-state index contributed by atoms with van der Waals surface area (Å²) in [7, 11) is 0. The molecule has 14 heavy (non-hydrogen) atoms. The molecule has 1 amide bonds. The molecular formula is C11H14BrNO. The molecule has 0 bridgehead atoms. The first-order valence-corrected chi connectivity index (χ1v) is 5.52. The summed E-state index contributed by atoms with van der Waals surface area (Å²) in [5, 5.41) is 2.91. The van der Waals surface area contributed by atoms with Crippen molar-refractivity contribution in [2.45, 2.75) is 24.7 Å². The monoisotopic (exact) mass is 255 g/mol. The molecule has 0 aliphatic rings. The Morgan fingerprint density at radius 2 is 1.86 bits per heavy atom. The van der Waals surface area contributed by atoms with E-state index in [1.807, 2.05) is 44.2 Å². The standard InChI is InChI=1S/C11H14BrNO/c1-8(12)11(14)13-9(2)10-6-4-3-5-7-10/h3-9H,1-2H3,(H,13,14)/t8-,9-/m0/s1. The van der Waals surface area contributed by atoms with Crippen LogP contribution >= 0.6 is 15.9 Å². The molecule has 0 fully saturated rings. The van der Waals surface area contributed by atoms with E-state index in [9.17, 15) is 4.79 Å². The predicted molar refractivity (Wildman–Crippen MR) is 61.4 cm³/mol. The van der Waals surface area contributed by atoms with Crippen molar-refractivity contribution < 1.29 is 4.79 Å². The van der Waals surface area contributed by atoms with Crippen molar-refractivity contribution in [3.8, 4) is 0 Å². The van der Waals surface area contributed by atoms with Crippen molar-refractivity contribution in [1.29, 1.82) is 0 Å². The fraction of sp³-hybridized carbons (Fsp3) is 0.364. The minimum Gasteiger partial charge on any atom is -0.349 e. The van der Waals surface area contributed by atoms with Gasteiger partial charge in [-0.2, -0.15) is 0 Å². The molecule has 0 heterocycles. The fourth-order valence-corrected chi connectivity index (χ4v) is 1.29. The van der Waals surface area contributed by atoms with Crippen LogP contribution in [0.4, 0.5) is 0 Å². The zero-order valence-corrected chi connectivity index (χ0v) is 9.91. The van der Waals surface area contributed by atoms with Crippen LogP contribution in [0.1, 0.15) is 25.5 Å². The highest BCUT2D eigenvalue weighted by Gasteiger charge is 2.12. The van der Waals surface area contributed by atoms with Crippen molar-refractivity contribution >= 4 is 21.8 Å². The van der Waals surface area contributed by atoms with Crippen LogP contribution in [0.5, 0.6) is 0 Å². The molecule has 0 aliphatic carbocycles. The second-order valence-corrected chi connectivity index (χ2v) is 4.63. The molecule has 2 nitrogen and oxygen atoms in total. The van der Waals surface area contributed by atoms with Gasteiger partial charge in [-0.3, -0.25) is 4.79 Å². The molecule has 1 aromatic carbocycles. The maximum Gasteiger partial charge on any atom is 0.233 e. The van der Waals surface area contributed by atoms with Gasteiger partial charge in [-0.15, -0.1) is 0 Å². The first-order chi connectivity index (χ1) is 6.61. The predicted octanol–water partition coefficient (Wildman–Crippen LogP) is 2.65. The third-order valence-electron chi connectivity index (χ3n) is 2.02. The highest BCUT2D eigenvalue weighted by molar-refractivity contribution is 9.10. The van der Waals surface area contributed by atoms with E-state index in [-0.39, 0.29) is 16.8 Å². The largest absolute Gasteiger partial charge is 0.349 e. The van der Waals surface area contributed by atoms with Crippen LogP contribution in [0.25, 0.3) is 0 Å². The number of alkyl halides is 1. The summed E-state index contributed by atoms with van der Waals surface area (Å²) in [4.78, 5) is 11.2. The van der Waals surface area contributed by atoms with E-state index < -0.39 is 0 Å². The Hall–Kier alpha value is -0.830. The molecule has 1 rings (SSSR count). The molecule has 0 spiro atoms. The Balaban J connectivity index is 2.59. The molecule has 0 saturated heterocycles. The van der Waals surface area contributed by atoms with Gasteiger partial charge in [0.05, 0.1) is 10.9 Å². The van der Waals surface area contributed by atoms with Crippen molar-refractivity contribution in [3.63, 3.8) is 0 Å². The number of nitrogens with one attached hydrogen (secondary N) is 1. The Kier molecular flexibility index (Phi) is 4.14. The number of carbonyl (C=O) groups is 1. The molecule has 76 valence electrons. The van der Waals surface area contributed by atoms with Gasteiger partial charge in [0.25, 0.3) is 0 Å². The molecule has 2 atom stereocenters. The number of carbonyl (C=O) groups excluding carboxylic acids is 1. The lowest BCUT2D eigenvalue weighted by atomic mass is 10.1. The van der Waals surface area contributed by atoms with Gasteiger partial charge >= 0.3 is 0 Å². The first-order valence-electron chi connectivity index (χ1n) is 4.60. The number of amides is 1. The van der Waals surface area contributed by atoms with Gasteiger partial charge in [0, 0.05) is 0 Å². The molecule has 3 heteroatoms. The van der Waals surface area contributed by atoms with Crippen molar-refractivity contribution in [2.24, 2.45) is 0 Å². The van der Waals surface area contributed by atoms with Gasteiger partial charge < -0.3 is 5.32 Å². The first kappa shape index (κ1) is 11.2. The molecule has 0 aliphatic heterocycles. The molecule has 1 N–H and O–H groups in total. The minimum absolute atomic E-state index is 0.0151. The van der Waals surface area contributed by atoms with Crippen molar-refractivity contribution in [2.75, 3.05) is 0 Å². The number of hydrogen-bond acceptors (Lipinski definition) is 1. The Morgan fingerprint density at radius 3 is 2.36 bits per heavy atom. The fourth-order valence-electron chi connectivity index (χ4n) is 1.15. The second kappa shape index (κ2) is 5.15. The number of halogens is 1. The van der Waals surface area contributed by atoms with Gasteiger partial charge in [-0.1, -0.05) is 46.3 Å². The van der Waals surface area contributed by atoms with Crippen LogP contribution < -0.4 is 5.32 Å². The third-order valence-corrected chi connectivity index (χ3v) is 2.44. The SMILES string of the molecule is C[C@H](Br)C(=O)N[C@@H](C)c1ccccc1. The summed E-state index contributed by atoms with van der Waals surface area (Å²) in [6.07, 6.45) is 0. The smallest absolute Gasteiger partial charge is 0.233 e. The summed E-state index contributed by atoms with van der Waals surface area (Å²) in [6, 6.07) is 9.97. The average Bonchev–Trinajstić information content (AvgIpc) is 2.19. The van der Waals surface area contributed by atoms with E-state index in [1.54, 1.807) is 0 Å². The normalized spacial score (nSPS) is 14.5. The van der Waals surface area contributed by atoms with Crippen LogP contribution in [-0.4, -0.2) is 10.7 Å². The van der Waals surface area contributed by atoms with E-state index in [0.29, 0.717) is 0 Å². The van der Waals surface area contributed by atoms with Crippen molar-refractivity contribution in [3.05, 3.63) is 35.9 Å². The van der Waals surface area contributed by atoms with Gasteiger partial charge in [0.15, 0.2) is 0 Å². The lowest BCUT2D eigenvalue weighted by Crippen LogP contribution is -2.31. The van der Waals surface area contributed by atoms with Gasteiger partial charge in [0.2, 0.25) is 5.91 Å². The van der Waals surface area contributed by atoms with Gasteiger partial charge in [-0.25, -0.2) is 0 Å².